The Bertz CT molecular complexity index is 1060. The SMILES string of the molecule is NC(=O)C1CC(C(=O)Nc2ccccc2-c2ccccc2)=NN1c1ccccc1. The molecule has 0 spiro atoms. The van der Waals surface area contributed by atoms with Crippen LogP contribution >= 0.6 is 0 Å². The lowest BCUT2D eigenvalue weighted by molar-refractivity contribution is -0.119. The summed E-state index contributed by atoms with van der Waals surface area (Å²) in [6.07, 6.45) is 0.156. The Hall–Kier alpha value is -3.93. The molecule has 144 valence electrons. The molecule has 0 radical (unpaired) electrons. The van der Waals surface area contributed by atoms with Crippen LogP contribution in [0.5, 0.6) is 0 Å². The molecule has 1 atom stereocenters. The molecule has 2 amide bonds. The van der Waals surface area contributed by atoms with Crippen LogP contribution < -0.4 is 16.1 Å². The molecular weight excluding hydrogens is 364 g/mol. The Kier molecular flexibility index (Phi) is 5.07. The minimum Gasteiger partial charge on any atom is -0.368 e. The molecule has 0 bridgehead atoms. The van der Waals surface area contributed by atoms with Crippen LogP contribution in [0, 0.1) is 0 Å². The van der Waals surface area contributed by atoms with Crippen LogP contribution in [0.2, 0.25) is 0 Å². The predicted molar refractivity (Wildman–Crippen MR) is 114 cm³/mol. The number of nitrogens with zero attached hydrogens (tertiary/aromatic N) is 2. The van der Waals surface area contributed by atoms with Crippen molar-refractivity contribution in [1.29, 1.82) is 0 Å². The molecule has 3 N–H and O–H groups in total. The van der Waals surface area contributed by atoms with Crippen LogP contribution in [0.15, 0.2) is 90.0 Å². The van der Waals surface area contributed by atoms with Gasteiger partial charge in [0.2, 0.25) is 5.91 Å². The average Bonchev–Trinajstić information content (AvgIpc) is 3.22. The first-order chi connectivity index (χ1) is 14.1. The number of para-hydroxylation sites is 2. The maximum atomic E-state index is 12.9. The van der Waals surface area contributed by atoms with E-state index < -0.39 is 11.9 Å². The zero-order valence-corrected chi connectivity index (χ0v) is 15.7. The van der Waals surface area contributed by atoms with Crippen molar-refractivity contribution in [2.24, 2.45) is 10.8 Å². The Morgan fingerprint density at radius 2 is 1.52 bits per heavy atom. The molecule has 6 heteroatoms. The van der Waals surface area contributed by atoms with Gasteiger partial charge in [-0.2, -0.15) is 5.10 Å². The number of anilines is 2. The molecule has 1 heterocycles. The summed E-state index contributed by atoms with van der Waals surface area (Å²) in [5.74, 6) is -0.872. The van der Waals surface area contributed by atoms with E-state index in [0.29, 0.717) is 11.4 Å². The number of hydrogen-bond acceptors (Lipinski definition) is 4. The van der Waals surface area contributed by atoms with Crippen molar-refractivity contribution in [1.82, 2.24) is 0 Å². The molecule has 1 unspecified atom stereocenters. The van der Waals surface area contributed by atoms with Crippen molar-refractivity contribution in [2.45, 2.75) is 12.5 Å². The van der Waals surface area contributed by atoms with Gasteiger partial charge in [-0.05, 0) is 23.8 Å². The molecule has 0 fully saturated rings. The minimum absolute atomic E-state index is 0.156. The monoisotopic (exact) mass is 384 g/mol. The van der Waals surface area contributed by atoms with Gasteiger partial charge in [-0.1, -0.05) is 66.7 Å². The average molecular weight is 384 g/mol. The number of rotatable bonds is 5. The van der Waals surface area contributed by atoms with Crippen LogP contribution in [0.1, 0.15) is 6.42 Å². The normalized spacial score (nSPS) is 15.7. The van der Waals surface area contributed by atoms with Crippen molar-refractivity contribution in [3.05, 3.63) is 84.9 Å². The number of hydrazone groups is 1. The van der Waals surface area contributed by atoms with E-state index in [9.17, 15) is 9.59 Å². The van der Waals surface area contributed by atoms with Crippen molar-refractivity contribution >= 4 is 28.9 Å². The fraction of sp³-hybridized carbons (Fsp3) is 0.0870. The van der Waals surface area contributed by atoms with E-state index in [1.54, 1.807) is 0 Å². The van der Waals surface area contributed by atoms with Crippen LogP contribution in [-0.4, -0.2) is 23.6 Å². The van der Waals surface area contributed by atoms with Gasteiger partial charge in [-0.15, -0.1) is 0 Å². The maximum absolute atomic E-state index is 12.9. The summed E-state index contributed by atoms with van der Waals surface area (Å²) in [6, 6.07) is 25.9. The lowest BCUT2D eigenvalue weighted by Gasteiger charge is -2.20. The number of hydrogen-bond donors (Lipinski definition) is 2. The van der Waals surface area contributed by atoms with Gasteiger partial charge in [0.15, 0.2) is 0 Å². The zero-order valence-electron chi connectivity index (χ0n) is 15.7. The third kappa shape index (κ3) is 3.87. The third-order valence-corrected chi connectivity index (χ3v) is 4.78. The Labute approximate surface area is 168 Å². The number of carbonyl (C=O) groups excluding carboxylic acids is 2. The summed E-state index contributed by atoms with van der Waals surface area (Å²) in [5.41, 5.74) is 9.12. The number of benzene rings is 3. The highest BCUT2D eigenvalue weighted by Crippen LogP contribution is 2.29. The van der Waals surface area contributed by atoms with E-state index in [2.05, 4.69) is 10.4 Å². The van der Waals surface area contributed by atoms with Gasteiger partial charge in [-0.25, -0.2) is 0 Å². The van der Waals surface area contributed by atoms with Gasteiger partial charge in [0.25, 0.3) is 5.91 Å². The van der Waals surface area contributed by atoms with Crippen LogP contribution in [0.3, 0.4) is 0 Å². The fourth-order valence-electron chi connectivity index (χ4n) is 3.34. The molecule has 29 heavy (non-hydrogen) atoms. The molecule has 1 aliphatic heterocycles. The Morgan fingerprint density at radius 1 is 0.897 bits per heavy atom. The highest BCUT2D eigenvalue weighted by Gasteiger charge is 2.35. The first-order valence-electron chi connectivity index (χ1n) is 9.30. The van der Waals surface area contributed by atoms with Crippen LogP contribution in [0.25, 0.3) is 11.1 Å². The molecule has 3 aromatic rings. The van der Waals surface area contributed by atoms with E-state index >= 15 is 0 Å². The third-order valence-electron chi connectivity index (χ3n) is 4.78. The number of carbonyl (C=O) groups is 2. The van der Waals surface area contributed by atoms with Gasteiger partial charge in [0.1, 0.15) is 11.8 Å². The highest BCUT2D eigenvalue weighted by molar-refractivity contribution is 6.44. The van der Waals surface area contributed by atoms with Gasteiger partial charge in [0, 0.05) is 17.7 Å². The van der Waals surface area contributed by atoms with Gasteiger partial charge in [0.05, 0.1) is 5.69 Å². The molecule has 1 aliphatic rings. The highest BCUT2D eigenvalue weighted by atomic mass is 16.2. The molecule has 0 aliphatic carbocycles. The van der Waals surface area contributed by atoms with Crippen molar-refractivity contribution in [3.63, 3.8) is 0 Å². The Morgan fingerprint density at radius 3 is 2.21 bits per heavy atom. The molecule has 6 nitrogen and oxygen atoms in total. The van der Waals surface area contributed by atoms with E-state index in [1.807, 2.05) is 84.9 Å². The molecule has 3 aromatic carbocycles. The minimum atomic E-state index is -0.692. The number of nitrogens with one attached hydrogen (secondary N) is 1. The van der Waals surface area contributed by atoms with Crippen molar-refractivity contribution in [3.8, 4) is 11.1 Å². The van der Waals surface area contributed by atoms with Crippen LogP contribution in [-0.2, 0) is 9.59 Å². The first kappa shape index (κ1) is 18.4. The lowest BCUT2D eigenvalue weighted by atomic mass is 10.0. The molecule has 4 rings (SSSR count). The van der Waals surface area contributed by atoms with E-state index in [4.69, 9.17) is 5.73 Å². The molecule has 0 saturated heterocycles. The second-order valence-corrected chi connectivity index (χ2v) is 6.71. The van der Waals surface area contributed by atoms with E-state index in [1.165, 1.54) is 5.01 Å². The largest absolute Gasteiger partial charge is 0.368 e. The summed E-state index contributed by atoms with van der Waals surface area (Å²) >= 11 is 0. The Balaban J connectivity index is 1.60. The number of amides is 2. The quantitative estimate of drug-likeness (QED) is 0.707. The van der Waals surface area contributed by atoms with Gasteiger partial charge >= 0.3 is 0 Å². The summed E-state index contributed by atoms with van der Waals surface area (Å²) < 4.78 is 0. The molecule has 0 saturated carbocycles. The zero-order chi connectivity index (χ0) is 20.2. The second-order valence-electron chi connectivity index (χ2n) is 6.71. The van der Waals surface area contributed by atoms with Gasteiger partial charge in [-0.3, -0.25) is 14.6 Å². The molecular formula is C23H20N4O2. The first-order valence-corrected chi connectivity index (χ1v) is 9.30. The van der Waals surface area contributed by atoms with Crippen molar-refractivity contribution < 1.29 is 9.59 Å². The van der Waals surface area contributed by atoms with Crippen LogP contribution in [0.4, 0.5) is 11.4 Å². The summed E-state index contributed by atoms with van der Waals surface area (Å²) in [6.45, 7) is 0. The number of nitrogens with two attached hydrogens (primary N) is 1. The standard InChI is InChI=1S/C23H20N4O2/c24-22(28)21-15-20(26-27(21)17-11-5-2-6-12-17)23(29)25-19-14-8-7-13-18(19)16-9-3-1-4-10-16/h1-14,21H,15H2,(H2,24,28)(H,25,29). The molecule has 0 aromatic heterocycles. The summed E-state index contributed by atoms with van der Waals surface area (Å²) in [5, 5.41) is 8.84. The fourth-order valence-corrected chi connectivity index (χ4v) is 3.34. The predicted octanol–water partition coefficient (Wildman–Crippen LogP) is 3.41. The number of primary amides is 1. The summed E-state index contributed by atoms with van der Waals surface area (Å²) in [7, 11) is 0. The smallest absolute Gasteiger partial charge is 0.271 e. The topological polar surface area (TPSA) is 87.8 Å². The second kappa shape index (κ2) is 7.98. The van der Waals surface area contributed by atoms with Gasteiger partial charge < -0.3 is 11.1 Å². The summed E-state index contributed by atoms with van der Waals surface area (Å²) in [4.78, 5) is 24.8. The maximum Gasteiger partial charge on any atom is 0.271 e. The van der Waals surface area contributed by atoms with Crippen molar-refractivity contribution in [2.75, 3.05) is 10.3 Å². The van der Waals surface area contributed by atoms with E-state index in [0.717, 1.165) is 11.1 Å². The van der Waals surface area contributed by atoms with E-state index in [-0.39, 0.29) is 18.0 Å². The lowest BCUT2D eigenvalue weighted by Crippen LogP contribution is -2.39.